The number of H-pyrrole nitrogens is 1. The third-order valence-corrected chi connectivity index (χ3v) is 5.33. The van der Waals surface area contributed by atoms with Gasteiger partial charge >= 0.3 is 0 Å². The normalized spacial score (nSPS) is 16.8. The Morgan fingerprint density at radius 3 is 2.68 bits per heavy atom. The predicted molar refractivity (Wildman–Crippen MR) is 108 cm³/mol. The molecule has 0 aliphatic carbocycles. The molecule has 28 heavy (non-hydrogen) atoms. The van der Waals surface area contributed by atoms with Gasteiger partial charge in [0.1, 0.15) is 6.04 Å². The summed E-state index contributed by atoms with van der Waals surface area (Å²) in [4.78, 5) is 27.8. The zero-order valence-corrected chi connectivity index (χ0v) is 16.6. The molecule has 0 radical (unpaired) electrons. The molecule has 0 saturated carbocycles. The summed E-state index contributed by atoms with van der Waals surface area (Å²) in [5.41, 5.74) is 3.33. The summed E-state index contributed by atoms with van der Waals surface area (Å²) in [5, 5.41) is 13.4. The van der Waals surface area contributed by atoms with E-state index in [-0.39, 0.29) is 24.2 Å². The van der Waals surface area contributed by atoms with Crippen molar-refractivity contribution in [1.29, 1.82) is 0 Å². The molecule has 4 rings (SSSR count). The van der Waals surface area contributed by atoms with Crippen molar-refractivity contribution in [1.82, 2.24) is 25.7 Å². The van der Waals surface area contributed by atoms with Crippen molar-refractivity contribution in [3.63, 3.8) is 0 Å². The standard InChI is InChI=1S/C20H25N5O2.ClH/c26-19(18-15-13-21-9-8-16(15)23-24-18)22-17(12-14-6-2-1-3-7-14)20(27)25-10-4-5-11-25;/h1-3,6-7,17,21H,4-5,8-13H2,(H,22,26)(H,23,24);1H. The lowest BCUT2D eigenvalue weighted by atomic mass is 10.0. The molecule has 1 aromatic heterocycles. The Morgan fingerprint density at radius 1 is 1.18 bits per heavy atom. The molecule has 1 saturated heterocycles. The lowest BCUT2D eigenvalue weighted by Crippen LogP contribution is -2.49. The van der Waals surface area contributed by atoms with Crippen LogP contribution in [0.3, 0.4) is 0 Å². The van der Waals surface area contributed by atoms with Gasteiger partial charge in [-0.25, -0.2) is 0 Å². The van der Waals surface area contributed by atoms with Crippen molar-refractivity contribution in [3.05, 3.63) is 52.8 Å². The molecule has 0 bridgehead atoms. The van der Waals surface area contributed by atoms with Gasteiger partial charge in [-0.3, -0.25) is 14.7 Å². The topological polar surface area (TPSA) is 90.1 Å². The maximum Gasteiger partial charge on any atom is 0.272 e. The van der Waals surface area contributed by atoms with Gasteiger partial charge in [-0.2, -0.15) is 5.10 Å². The fraction of sp³-hybridized carbons (Fsp3) is 0.450. The number of nitrogens with one attached hydrogen (secondary N) is 3. The number of carbonyl (C=O) groups excluding carboxylic acids is 2. The van der Waals surface area contributed by atoms with E-state index < -0.39 is 6.04 Å². The predicted octanol–water partition coefficient (Wildman–Crippen LogP) is 1.44. The first kappa shape index (κ1) is 20.4. The first-order valence-electron chi connectivity index (χ1n) is 9.63. The molecule has 2 aliphatic heterocycles. The van der Waals surface area contributed by atoms with Gasteiger partial charge in [0.15, 0.2) is 5.69 Å². The third kappa shape index (κ3) is 4.36. The monoisotopic (exact) mass is 403 g/mol. The minimum Gasteiger partial charge on any atom is -0.341 e. The Hall–Kier alpha value is -2.38. The molecule has 3 heterocycles. The highest BCUT2D eigenvalue weighted by atomic mass is 35.5. The minimum absolute atomic E-state index is 0. The molecule has 3 N–H and O–H groups in total. The average Bonchev–Trinajstić information content (AvgIpc) is 3.37. The van der Waals surface area contributed by atoms with Crippen LogP contribution >= 0.6 is 12.4 Å². The lowest BCUT2D eigenvalue weighted by Gasteiger charge is -2.24. The SMILES string of the molecule is Cl.O=C(NC(Cc1ccccc1)C(=O)N1CCCC1)c1n[nH]c2c1CNCC2. The summed E-state index contributed by atoms with van der Waals surface area (Å²) in [6.07, 6.45) is 3.36. The first-order chi connectivity index (χ1) is 13.2. The van der Waals surface area contributed by atoms with Crippen molar-refractivity contribution < 1.29 is 9.59 Å². The van der Waals surface area contributed by atoms with E-state index in [2.05, 4.69) is 20.8 Å². The second-order valence-electron chi connectivity index (χ2n) is 7.20. The van der Waals surface area contributed by atoms with E-state index in [1.807, 2.05) is 35.2 Å². The molecule has 2 aromatic rings. The Bertz CT molecular complexity index is 817. The van der Waals surface area contributed by atoms with Gasteiger partial charge in [0.2, 0.25) is 5.91 Å². The molecule has 0 spiro atoms. The number of likely N-dealkylation sites (tertiary alicyclic amines) is 1. The molecule has 1 atom stereocenters. The summed E-state index contributed by atoms with van der Waals surface area (Å²) in [5.74, 6) is -0.295. The van der Waals surface area contributed by atoms with Crippen molar-refractivity contribution >= 4 is 24.2 Å². The zero-order chi connectivity index (χ0) is 18.6. The highest BCUT2D eigenvalue weighted by Crippen LogP contribution is 2.17. The van der Waals surface area contributed by atoms with Crippen LogP contribution in [0.2, 0.25) is 0 Å². The van der Waals surface area contributed by atoms with Crippen LogP contribution in [0.25, 0.3) is 0 Å². The molecular weight excluding hydrogens is 378 g/mol. The van der Waals surface area contributed by atoms with Crippen LogP contribution in [0.1, 0.15) is 40.2 Å². The van der Waals surface area contributed by atoms with Gasteiger partial charge in [0.05, 0.1) is 0 Å². The smallest absolute Gasteiger partial charge is 0.272 e. The van der Waals surface area contributed by atoms with E-state index in [4.69, 9.17) is 0 Å². The number of aromatic nitrogens is 2. The van der Waals surface area contributed by atoms with E-state index in [9.17, 15) is 9.59 Å². The van der Waals surface area contributed by atoms with E-state index in [1.54, 1.807) is 0 Å². The number of nitrogens with zero attached hydrogens (tertiary/aromatic N) is 2. The van der Waals surface area contributed by atoms with Crippen LogP contribution in [-0.2, 0) is 24.2 Å². The molecule has 150 valence electrons. The molecule has 1 fully saturated rings. The Labute approximate surface area is 170 Å². The molecular formula is C20H26ClN5O2. The minimum atomic E-state index is -0.582. The third-order valence-electron chi connectivity index (χ3n) is 5.33. The largest absolute Gasteiger partial charge is 0.341 e. The summed E-state index contributed by atoms with van der Waals surface area (Å²) < 4.78 is 0. The number of fused-ring (bicyclic) bond motifs is 1. The van der Waals surface area contributed by atoms with Crippen LogP contribution < -0.4 is 10.6 Å². The Kier molecular flexibility index (Phi) is 6.70. The van der Waals surface area contributed by atoms with Gasteiger partial charge in [-0.1, -0.05) is 30.3 Å². The first-order valence-corrected chi connectivity index (χ1v) is 9.63. The second kappa shape index (κ2) is 9.21. The quantitative estimate of drug-likeness (QED) is 0.704. The number of hydrogen-bond donors (Lipinski definition) is 3. The molecule has 1 unspecified atom stereocenters. The van der Waals surface area contributed by atoms with E-state index in [0.29, 0.717) is 18.7 Å². The van der Waals surface area contributed by atoms with Gasteiger partial charge in [-0.05, 0) is 18.4 Å². The molecule has 7 nitrogen and oxygen atoms in total. The van der Waals surface area contributed by atoms with Crippen molar-refractivity contribution in [2.45, 2.75) is 38.3 Å². The van der Waals surface area contributed by atoms with Crippen molar-refractivity contribution in [2.24, 2.45) is 0 Å². The maximum absolute atomic E-state index is 13.0. The highest BCUT2D eigenvalue weighted by Gasteiger charge is 2.30. The zero-order valence-electron chi connectivity index (χ0n) is 15.7. The number of rotatable bonds is 5. The number of aromatic amines is 1. The lowest BCUT2D eigenvalue weighted by molar-refractivity contribution is -0.132. The molecule has 8 heteroatoms. The Morgan fingerprint density at radius 2 is 1.93 bits per heavy atom. The van der Waals surface area contributed by atoms with E-state index in [0.717, 1.165) is 55.7 Å². The number of benzene rings is 1. The van der Waals surface area contributed by atoms with Gasteiger partial charge < -0.3 is 15.5 Å². The second-order valence-corrected chi connectivity index (χ2v) is 7.20. The van der Waals surface area contributed by atoms with Gasteiger partial charge in [0.25, 0.3) is 5.91 Å². The number of hydrogen-bond acceptors (Lipinski definition) is 4. The summed E-state index contributed by atoms with van der Waals surface area (Å²) in [7, 11) is 0. The molecule has 2 amide bonds. The summed E-state index contributed by atoms with van der Waals surface area (Å²) in [6.45, 7) is 3.03. The number of amides is 2. The highest BCUT2D eigenvalue weighted by molar-refractivity contribution is 5.97. The van der Waals surface area contributed by atoms with Gasteiger partial charge in [-0.15, -0.1) is 12.4 Å². The van der Waals surface area contributed by atoms with Crippen LogP contribution in [0.4, 0.5) is 0 Å². The summed E-state index contributed by atoms with van der Waals surface area (Å²) in [6, 6.07) is 9.23. The van der Waals surface area contributed by atoms with E-state index in [1.165, 1.54) is 0 Å². The van der Waals surface area contributed by atoms with Crippen LogP contribution in [0.15, 0.2) is 30.3 Å². The van der Waals surface area contributed by atoms with Crippen LogP contribution in [-0.4, -0.2) is 52.6 Å². The fourth-order valence-corrected chi connectivity index (χ4v) is 3.85. The maximum atomic E-state index is 13.0. The van der Waals surface area contributed by atoms with Crippen LogP contribution in [0, 0.1) is 0 Å². The van der Waals surface area contributed by atoms with Crippen molar-refractivity contribution in [2.75, 3.05) is 19.6 Å². The summed E-state index contributed by atoms with van der Waals surface area (Å²) >= 11 is 0. The van der Waals surface area contributed by atoms with Gasteiger partial charge in [0, 0.05) is 50.3 Å². The number of halogens is 1. The molecule has 2 aliphatic rings. The fourth-order valence-electron chi connectivity index (χ4n) is 3.85. The van der Waals surface area contributed by atoms with Crippen LogP contribution in [0.5, 0.6) is 0 Å². The Balaban J connectivity index is 0.00000225. The van der Waals surface area contributed by atoms with Crippen molar-refractivity contribution in [3.8, 4) is 0 Å². The number of carbonyl (C=O) groups is 2. The van der Waals surface area contributed by atoms with E-state index >= 15 is 0 Å². The average molecular weight is 404 g/mol. The molecule has 1 aromatic carbocycles.